The molecular formula is C30H19NO2S. The van der Waals surface area contributed by atoms with Gasteiger partial charge in [0.2, 0.25) is 0 Å². The second kappa shape index (κ2) is 8.25. The zero-order chi connectivity index (χ0) is 23.1. The quantitative estimate of drug-likeness (QED) is 0.204. The van der Waals surface area contributed by atoms with Crippen molar-refractivity contribution in [3.63, 3.8) is 0 Å². The van der Waals surface area contributed by atoms with Crippen LogP contribution >= 0.6 is 11.3 Å². The van der Waals surface area contributed by atoms with E-state index in [1.807, 2.05) is 84.9 Å². The smallest absolute Gasteiger partial charge is 0.197 e. The highest BCUT2D eigenvalue weighted by Crippen LogP contribution is 2.37. The van der Waals surface area contributed by atoms with Gasteiger partial charge in [0.05, 0.1) is 10.6 Å². The summed E-state index contributed by atoms with van der Waals surface area (Å²) in [5.74, 6) is -0.418. The fourth-order valence-corrected chi connectivity index (χ4v) is 5.17. The molecule has 5 aromatic rings. The molecule has 0 unspecified atom stereocenters. The summed E-state index contributed by atoms with van der Waals surface area (Å²) in [5.41, 5.74) is 4.08. The molecule has 6 rings (SSSR count). The molecule has 0 saturated carbocycles. The zero-order valence-corrected chi connectivity index (χ0v) is 19.0. The first-order valence-electron chi connectivity index (χ1n) is 11.0. The molecule has 0 radical (unpaired) electrons. The van der Waals surface area contributed by atoms with Crippen molar-refractivity contribution in [2.24, 2.45) is 0 Å². The van der Waals surface area contributed by atoms with Crippen LogP contribution in [-0.4, -0.2) is 11.6 Å². The average molecular weight is 458 g/mol. The molecule has 1 aliphatic rings. The van der Waals surface area contributed by atoms with Gasteiger partial charge in [0.15, 0.2) is 11.6 Å². The maximum atomic E-state index is 13.1. The number of para-hydroxylation sites is 1. The van der Waals surface area contributed by atoms with Crippen LogP contribution in [0.4, 0.5) is 16.4 Å². The molecule has 0 amide bonds. The molecule has 162 valence electrons. The van der Waals surface area contributed by atoms with E-state index in [1.54, 1.807) is 17.4 Å². The van der Waals surface area contributed by atoms with E-state index < -0.39 is 0 Å². The third-order valence-electron chi connectivity index (χ3n) is 6.07. The molecule has 4 aromatic carbocycles. The number of fused-ring (bicyclic) bond motifs is 2. The van der Waals surface area contributed by atoms with Crippen LogP contribution in [0.15, 0.2) is 114 Å². The lowest BCUT2D eigenvalue weighted by molar-refractivity contribution is 0.0990. The number of nitrogens with zero attached hydrogens (tertiary/aromatic N) is 1. The van der Waals surface area contributed by atoms with Gasteiger partial charge in [-0.05, 0) is 76.3 Å². The van der Waals surface area contributed by atoms with Crippen molar-refractivity contribution in [1.82, 2.24) is 0 Å². The van der Waals surface area contributed by atoms with E-state index in [0.29, 0.717) is 11.1 Å². The van der Waals surface area contributed by atoms with Crippen LogP contribution in [-0.2, 0) is 0 Å². The summed E-state index contributed by atoms with van der Waals surface area (Å²) in [4.78, 5) is 28.3. The lowest BCUT2D eigenvalue weighted by Gasteiger charge is -2.23. The summed E-state index contributed by atoms with van der Waals surface area (Å²) < 4.78 is 0. The molecule has 0 aliphatic heterocycles. The highest BCUT2D eigenvalue weighted by atomic mass is 32.1. The molecule has 0 saturated heterocycles. The van der Waals surface area contributed by atoms with E-state index in [4.69, 9.17) is 0 Å². The van der Waals surface area contributed by atoms with E-state index in [2.05, 4.69) is 28.5 Å². The molecule has 1 heterocycles. The molecular weight excluding hydrogens is 438 g/mol. The maximum absolute atomic E-state index is 13.1. The van der Waals surface area contributed by atoms with Gasteiger partial charge in [0.25, 0.3) is 0 Å². The molecule has 4 heteroatoms. The number of anilines is 3. The first-order chi connectivity index (χ1) is 16.7. The zero-order valence-electron chi connectivity index (χ0n) is 18.1. The van der Waals surface area contributed by atoms with Gasteiger partial charge in [-0.3, -0.25) is 9.59 Å². The third kappa shape index (κ3) is 3.45. The van der Waals surface area contributed by atoms with E-state index in [1.165, 1.54) is 0 Å². The van der Waals surface area contributed by atoms with Crippen LogP contribution in [0.3, 0.4) is 0 Å². The monoisotopic (exact) mass is 457 g/mol. The standard InChI is InChI=1S/C30H19NO2S/c32-29-25-18-21-7-4-5-8-22(21)19-26(25)30(33)27(29)17-20-12-14-24(15-13-20)31(28-11-6-16-34-28)23-9-2-1-3-10-23/h1-19H. The van der Waals surface area contributed by atoms with E-state index in [0.717, 1.165) is 32.7 Å². The van der Waals surface area contributed by atoms with E-state index in [-0.39, 0.29) is 17.1 Å². The van der Waals surface area contributed by atoms with Gasteiger partial charge >= 0.3 is 0 Å². The summed E-state index contributed by atoms with van der Waals surface area (Å²) >= 11 is 1.67. The Hall–Kier alpha value is -4.28. The number of thiophene rings is 1. The van der Waals surface area contributed by atoms with Gasteiger partial charge in [-0.2, -0.15) is 0 Å². The maximum Gasteiger partial charge on any atom is 0.197 e. The predicted molar refractivity (Wildman–Crippen MR) is 140 cm³/mol. The summed E-state index contributed by atoms with van der Waals surface area (Å²) in [6.45, 7) is 0. The van der Waals surface area contributed by atoms with Crippen molar-refractivity contribution in [1.29, 1.82) is 0 Å². The Morgan fingerprint density at radius 2 is 1.21 bits per heavy atom. The number of allylic oxidation sites excluding steroid dienone is 1. The predicted octanol–water partition coefficient (Wildman–Crippen LogP) is 7.83. The summed E-state index contributed by atoms with van der Waals surface area (Å²) in [6.07, 6.45) is 1.71. The fourth-order valence-electron chi connectivity index (χ4n) is 4.40. The van der Waals surface area contributed by atoms with Crippen molar-refractivity contribution in [3.8, 4) is 0 Å². The van der Waals surface area contributed by atoms with Crippen molar-refractivity contribution >= 4 is 56.1 Å². The van der Waals surface area contributed by atoms with Crippen LogP contribution in [0.5, 0.6) is 0 Å². The first-order valence-corrected chi connectivity index (χ1v) is 11.9. The van der Waals surface area contributed by atoms with Crippen molar-refractivity contribution in [3.05, 3.63) is 131 Å². The summed E-state index contributed by atoms with van der Waals surface area (Å²) in [5, 5.41) is 5.09. The Balaban J connectivity index is 1.35. The molecule has 1 aliphatic carbocycles. The number of carbonyl (C=O) groups excluding carboxylic acids is 2. The number of ketones is 2. The summed E-state index contributed by atoms with van der Waals surface area (Å²) in [6, 6.07) is 33.7. The minimum absolute atomic E-state index is 0.209. The number of carbonyl (C=O) groups is 2. The highest BCUT2D eigenvalue weighted by molar-refractivity contribution is 7.14. The normalized spacial score (nSPS) is 12.8. The Morgan fingerprint density at radius 1 is 0.618 bits per heavy atom. The van der Waals surface area contributed by atoms with Gasteiger partial charge in [-0.1, -0.05) is 54.6 Å². The van der Waals surface area contributed by atoms with Crippen LogP contribution < -0.4 is 4.90 Å². The number of rotatable bonds is 4. The summed E-state index contributed by atoms with van der Waals surface area (Å²) in [7, 11) is 0. The van der Waals surface area contributed by atoms with Crippen LogP contribution in [0, 0.1) is 0 Å². The molecule has 0 bridgehead atoms. The molecule has 34 heavy (non-hydrogen) atoms. The Kier molecular flexibility index (Phi) is 4.93. The lowest BCUT2D eigenvalue weighted by atomic mass is 10.0. The Bertz CT molecular complexity index is 1510. The van der Waals surface area contributed by atoms with Gasteiger partial charge < -0.3 is 4.90 Å². The van der Waals surface area contributed by atoms with Crippen molar-refractivity contribution in [2.45, 2.75) is 0 Å². The molecule has 1 aromatic heterocycles. The Labute approximate surface area is 201 Å². The molecule has 3 nitrogen and oxygen atoms in total. The van der Waals surface area contributed by atoms with Gasteiger partial charge in [0, 0.05) is 22.5 Å². The van der Waals surface area contributed by atoms with Gasteiger partial charge in [0.1, 0.15) is 0 Å². The minimum Gasteiger partial charge on any atom is -0.302 e. The van der Waals surface area contributed by atoms with Gasteiger partial charge in [-0.25, -0.2) is 0 Å². The molecule has 0 spiro atoms. The van der Waals surface area contributed by atoms with Crippen LogP contribution in [0.25, 0.3) is 16.8 Å². The highest BCUT2D eigenvalue weighted by Gasteiger charge is 2.33. The topological polar surface area (TPSA) is 37.4 Å². The van der Waals surface area contributed by atoms with Gasteiger partial charge in [-0.15, -0.1) is 11.3 Å². The molecule has 0 atom stereocenters. The van der Waals surface area contributed by atoms with Crippen molar-refractivity contribution in [2.75, 3.05) is 4.90 Å². The minimum atomic E-state index is -0.209. The lowest BCUT2D eigenvalue weighted by Crippen LogP contribution is -2.08. The fraction of sp³-hybridized carbons (Fsp3) is 0. The average Bonchev–Trinajstić information content (AvgIpc) is 3.48. The van der Waals surface area contributed by atoms with E-state index >= 15 is 0 Å². The van der Waals surface area contributed by atoms with Crippen LogP contribution in [0.2, 0.25) is 0 Å². The number of benzene rings is 4. The Morgan fingerprint density at radius 3 is 1.79 bits per heavy atom. The largest absolute Gasteiger partial charge is 0.302 e. The number of hydrogen-bond acceptors (Lipinski definition) is 4. The van der Waals surface area contributed by atoms with Crippen LogP contribution in [0.1, 0.15) is 26.3 Å². The molecule has 0 fully saturated rings. The number of Topliss-reactive ketones (excluding diaryl/α,β-unsaturated/α-hetero) is 2. The van der Waals surface area contributed by atoms with E-state index in [9.17, 15) is 9.59 Å². The first kappa shape index (κ1) is 20.3. The number of hydrogen-bond donors (Lipinski definition) is 0. The second-order valence-corrected chi connectivity index (χ2v) is 9.10. The van der Waals surface area contributed by atoms with Crippen molar-refractivity contribution < 1.29 is 9.59 Å². The SMILES string of the molecule is O=C1C(=Cc2ccc(N(c3ccccc3)c3cccs3)cc2)C(=O)c2cc3ccccc3cc21. The second-order valence-electron chi connectivity index (χ2n) is 8.17. The third-order valence-corrected chi connectivity index (χ3v) is 6.92. The molecule has 0 N–H and O–H groups in total.